The molecule has 1 aliphatic rings. The van der Waals surface area contributed by atoms with Crippen LogP contribution in [0.3, 0.4) is 0 Å². The molecule has 0 saturated carbocycles. The van der Waals surface area contributed by atoms with Crippen molar-refractivity contribution in [2.24, 2.45) is 0 Å². The summed E-state index contributed by atoms with van der Waals surface area (Å²) in [4.78, 5) is 39.9. The van der Waals surface area contributed by atoms with Gasteiger partial charge in [-0.2, -0.15) is 0 Å². The topological polar surface area (TPSA) is 69.7 Å². The van der Waals surface area contributed by atoms with Gasteiger partial charge in [-0.05, 0) is 31.4 Å². The predicted molar refractivity (Wildman–Crippen MR) is 96.5 cm³/mol. The minimum Gasteiger partial charge on any atom is -0.347 e. The largest absolute Gasteiger partial charge is 0.347 e. The van der Waals surface area contributed by atoms with E-state index < -0.39 is 12.1 Å². The van der Waals surface area contributed by atoms with Gasteiger partial charge in [-0.3, -0.25) is 14.4 Å². The van der Waals surface area contributed by atoms with E-state index in [0.717, 1.165) is 12.0 Å². The molecule has 134 valence electrons. The molecule has 0 spiro atoms. The van der Waals surface area contributed by atoms with E-state index in [1.165, 1.54) is 11.0 Å². The normalized spacial score (nSPS) is 18.2. The first-order valence-electron chi connectivity index (χ1n) is 8.45. The van der Waals surface area contributed by atoms with Crippen molar-refractivity contribution >= 4 is 23.8 Å². The van der Waals surface area contributed by atoms with E-state index >= 15 is 0 Å². The number of carbonyl (C=O) groups excluding carboxylic acids is 3. The fraction of sp³-hybridized carbons (Fsp3) is 0.421. The Kier molecular flexibility index (Phi) is 6.33. The molecule has 1 aromatic rings. The van der Waals surface area contributed by atoms with Gasteiger partial charge in [-0.25, -0.2) is 0 Å². The van der Waals surface area contributed by atoms with Gasteiger partial charge in [-0.1, -0.05) is 30.3 Å². The fourth-order valence-corrected chi connectivity index (χ4v) is 2.89. The molecule has 1 aliphatic heterocycles. The molecule has 0 aliphatic carbocycles. The zero-order valence-electron chi connectivity index (χ0n) is 14.9. The average Bonchev–Trinajstić information content (AvgIpc) is 3.08. The van der Waals surface area contributed by atoms with Crippen molar-refractivity contribution in [3.05, 3.63) is 42.0 Å². The van der Waals surface area contributed by atoms with Crippen LogP contribution in [0.2, 0.25) is 0 Å². The molecule has 2 atom stereocenters. The second-order valence-electron chi connectivity index (χ2n) is 6.40. The smallest absolute Gasteiger partial charge is 0.245 e. The van der Waals surface area contributed by atoms with Crippen LogP contribution < -0.4 is 5.32 Å². The number of hydrogen-bond donors (Lipinski definition) is 1. The van der Waals surface area contributed by atoms with Crippen molar-refractivity contribution in [2.75, 3.05) is 20.6 Å². The maximum Gasteiger partial charge on any atom is 0.245 e. The number of nitrogens with zero attached hydrogens (tertiary/aromatic N) is 2. The average molecular weight is 343 g/mol. The van der Waals surface area contributed by atoms with E-state index in [0.29, 0.717) is 13.0 Å². The molecule has 25 heavy (non-hydrogen) atoms. The lowest BCUT2D eigenvalue weighted by molar-refractivity contribution is -0.143. The molecule has 1 fully saturated rings. The van der Waals surface area contributed by atoms with E-state index in [1.54, 1.807) is 32.0 Å². The lowest BCUT2D eigenvalue weighted by atomic mass is 10.1. The Morgan fingerprint density at radius 2 is 1.92 bits per heavy atom. The number of amides is 3. The molecule has 1 aromatic carbocycles. The van der Waals surface area contributed by atoms with Crippen molar-refractivity contribution in [1.29, 1.82) is 0 Å². The minimum atomic E-state index is -0.677. The molecule has 2 unspecified atom stereocenters. The van der Waals surface area contributed by atoms with E-state index in [4.69, 9.17) is 0 Å². The first-order valence-corrected chi connectivity index (χ1v) is 8.45. The Balaban J connectivity index is 1.94. The quantitative estimate of drug-likeness (QED) is 0.819. The Bertz CT molecular complexity index is 655. The SMILES string of the molecule is CC(NC(=O)/C=C/c1ccccc1)C(=O)N1CCCC1C(=O)N(C)C. The van der Waals surface area contributed by atoms with Crippen LogP contribution in [-0.2, 0) is 14.4 Å². The van der Waals surface area contributed by atoms with Crippen LogP contribution in [0.15, 0.2) is 36.4 Å². The van der Waals surface area contributed by atoms with Gasteiger partial charge in [0.2, 0.25) is 17.7 Å². The first kappa shape index (κ1) is 18.7. The van der Waals surface area contributed by atoms with Gasteiger partial charge in [0.1, 0.15) is 12.1 Å². The van der Waals surface area contributed by atoms with Gasteiger partial charge >= 0.3 is 0 Å². The number of nitrogens with one attached hydrogen (secondary N) is 1. The van der Waals surface area contributed by atoms with Crippen LogP contribution in [0.4, 0.5) is 0 Å². The third-order valence-electron chi connectivity index (χ3n) is 4.22. The molecule has 1 heterocycles. The summed E-state index contributed by atoms with van der Waals surface area (Å²) in [5.41, 5.74) is 0.910. The zero-order chi connectivity index (χ0) is 18.4. The highest BCUT2D eigenvalue weighted by atomic mass is 16.2. The van der Waals surface area contributed by atoms with Gasteiger partial charge in [0.25, 0.3) is 0 Å². The molecule has 2 rings (SSSR count). The lowest BCUT2D eigenvalue weighted by Crippen LogP contribution is -2.52. The molecule has 0 bridgehead atoms. The van der Waals surface area contributed by atoms with E-state index in [2.05, 4.69) is 5.32 Å². The molecule has 1 N–H and O–H groups in total. The third kappa shape index (κ3) is 4.92. The Morgan fingerprint density at radius 1 is 1.24 bits per heavy atom. The van der Waals surface area contributed by atoms with Crippen LogP contribution in [-0.4, -0.2) is 60.2 Å². The zero-order valence-corrected chi connectivity index (χ0v) is 14.9. The number of likely N-dealkylation sites (tertiary alicyclic amines) is 1. The van der Waals surface area contributed by atoms with Crippen LogP contribution in [0, 0.1) is 0 Å². The highest BCUT2D eigenvalue weighted by Gasteiger charge is 2.36. The summed E-state index contributed by atoms with van der Waals surface area (Å²) >= 11 is 0. The van der Waals surface area contributed by atoms with Crippen molar-refractivity contribution in [3.63, 3.8) is 0 Å². The second kappa shape index (κ2) is 8.46. The molecular weight excluding hydrogens is 318 g/mol. The lowest BCUT2D eigenvalue weighted by Gasteiger charge is -2.28. The third-order valence-corrected chi connectivity index (χ3v) is 4.22. The Labute approximate surface area is 148 Å². The number of carbonyl (C=O) groups is 3. The maximum absolute atomic E-state index is 12.6. The Morgan fingerprint density at radius 3 is 2.56 bits per heavy atom. The van der Waals surface area contributed by atoms with E-state index in [1.807, 2.05) is 30.3 Å². The van der Waals surface area contributed by atoms with Gasteiger partial charge in [0.15, 0.2) is 0 Å². The monoisotopic (exact) mass is 343 g/mol. The summed E-state index contributed by atoms with van der Waals surface area (Å²) in [6, 6.07) is 8.35. The van der Waals surface area contributed by atoms with Gasteiger partial charge in [-0.15, -0.1) is 0 Å². The van der Waals surface area contributed by atoms with Crippen LogP contribution >= 0.6 is 0 Å². The summed E-state index contributed by atoms with van der Waals surface area (Å²) in [6.07, 6.45) is 4.56. The molecule has 3 amide bonds. The Hall–Kier alpha value is -2.63. The number of benzene rings is 1. The second-order valence-corrected chi connectivity index (χ2v) is 6.40. The van der Waals surface area contributed by atoms with Crippen LogP contribution in [0.25, 0.3) is 6.08 Å². The maximum atomic E-state index is 12.6. The summed E-state index contributed by atoms with van der Waals surface area (Å²) in [5.74, 6) is -0.633. The molecule has 6 heteroatoms. The summed E-state index contributed by atoms with van der Waals surface area (Å²) in [5, 5.41) is 2.67. The predicted octanol–water partition coefficient (Wildman–Crippen LogP) is 1.28. The van der Waals surface area contributed by atoms with E-state index in [9.17, 15) is 14.4 Å². The molecule has 1 saturated heterocycles. The summed E-state index contributed by atoms with van der Waals surface area (Å²) in [6.45, 7) is 2.19. The van der Waals surface area contributed by atoms with Crippen molar-refractivity contribution in [1.82, 2.24) is 15.1 Å². The van der Waals surface area contributed by atoms with Gasteiger partial charge < -0.3 is 15.1 Å². The van der Waals surface area contributed by atoms with Crippen LogP contribution in [0.5, 0.6) is 0 Å². The van der Waals surface area contributed by atoms with Crippen LogP contribution in [0.1, 0.15) is 25.3 Å². The van der Waals surface area contributed by atoms with E-state index in [-0.39, 0.29) is 17.7 Å². The molecule has 6 nitrogen and oxygen atoms in total. The molecule has 0 aromatic heterocycles. The van der Waals surface area contributed by atoms with Crippen molar-refractivity contribution in [2.45, 2.75) is 31.8 Å². The molecule has 0 radical (unpaired) electrons. The van der Waals surface area contributed by atoms with Gasteiger partial charge in [0, 0.05) is 26.7 Å². The summed E-state index contributed by atoms with van der Waals surface area (Å²) in [7, 11) is 3.37. The highest BCUT2D eigenvalue weighted by Crippen LogP contribution is 2.19. The molecular formula is C19H25N3O3. The van der Waals surface area contributed by atoms with Gasteiger partial charge in [0.05, 0.1) is 0 Å². The summed E-state index contributed by atoms with van der Waals surface area (Å²) < 4.78 is 0. The fourth-order valence-electron chi connectivity index (χ4n) is 2.89. The number of likely N-dealkylation sites (N-methyl/N-ethyl adjacent to an activating group) is 1. The minimum absolute atomic E-state index is 0.0756. The number of hydrogen-bond acceptors (Lipinski definition) is 3. The van der Waals surface area contributed by atoms with Crippen molar-refractivity contribution in [3.8, 4) is 0 Å². The standard InChI is InChI=1S/C19H25N3O3/c1-14(20-17(23)12-11-15-8-5-4-6-9-15)18(24)22-13-7-10-16(22)19(25)21(2)3/h4-6,8-9,11-12,14,16H,7,10,13H2,1-3H3,(H,20,23)/b12-11+. The highest BCUT2D eigenvalue weighted by molar-refractivity contribution is 5.96. The number of rotatable bonds is 5. The first-order chi connectivity index (χ1) is 11.9. The van der Waals surface area contributed by atoms with Crippen molar-refractivity contribution < 1.29 is 14.4 Å².